The van der Waals surface area contributed by atoms with E-state index in [2.05, 4.69) is 13.0 Å². The number of ether oxygens (including phenoxy) is 1. The molecule has 0 unspecified atom stereocenters. The number of methoxy groups -OCH3 is 1. The molecule has 0 atom stereocenters. The third-order valence-electron chi connectivity index (χ3n) is 3.72. The van der Waals surface area contributed by atoms with Crippen LogP contribution < -0.4 is 4.74 Å². The molecular weight excluding hydrogens is 212 g/mol. The van der Waals surface area contributed by atoms with E-state index < -0.39 is 5.60 Å². The summed E-state index contributed by atoms with van der Waals surface area (Å²) in [7, 11) is 1.68. The number of hydrogen-bond donors (Lipinski definition) is 1. The smallest absolute Gasteiger partial charge is 0.125 e. The van der Waals surface area contributed by atoms with Crippen molar-refractivity contribution in [3.8, 4) is 5.75 Å². The standard InChI is InChI=1S/C15H22O2/c1-10-12-8-6-5-7-11(12)9-13(17-4)14(10)15(2,3)16/h9,16H,5-8H2,1-4H3. The molecule has 94 valence electrons. The largest absolute Gasteiger partial charge is 0.496 e. The third kappa shape index (κ3) is 2.19. The lowest BCUT2D eigenvalue weighted by Crippen LogP contribution is -2.21. The maximum absolute atomic E-state index is 10.3. The average Bonchev–Trinajstić information content (AvgIpc) is 2.27. The van der Waals surface area contributed by atoms with Gasteiger partial charge in [0.05, 0.1) is 12.7 Å². The second-order valence-corrected chi connectivity index (χ2v) is 5.48. The van der Waals surface area contributed by atoms with Crippen LogP contribution in [0.2, 0.25) is 0 Å². The van der Waals surface area contributed by atoms with Crippen LogP contribution in [0.3, 0.4) is 0 Å². The molecule has 1 aliphatic rings. The van der Waals surface area contributed by atoms with Crippen LogP contribution in [0.15, 0.2) is 6.07 Å². The Morgan fingerprint density at radius 3 is 2.47 bits per heavy atom. The molecule has 1 aromatic rings. The topological polar surface area (TPSA) is 29.5 Å². The van der Waals surface area contributed by atoms with Crippen LogP contribution in [0.1, 0.15) is 48.9 Å². The molecule has 0 aromatic heterocycles. The Morgan fingerprint density at radius 2 is 1.88 bits per heavy atom. The molecule has 0 spiro atoms. The van der Waals surface area contributed by atoms with E-state index in [1.54, 1.807) is 7.11 Å². The highest BCUT2D eigenvalue weighted by Gasteiger charge is 2.27. The molecule has 1 N–H and O–H groups in total. The Bertz CT molecular complexity index is 428. The molecule has 2 nitrogen and oxygen atoms in total. The Morgan fingerprint density at radius 1 is 1.24 bits per heavy atom. The maximum atomic E-state index is 10.3. The maximum Gasteiger partial charge on any atom is 0.125 e. The number of rotatable bonds is 2. The quantitative estimate of drug-likeness (QED) is 0.852. The summed E-state index contributed by atoms with van der Waals surface area (Å²) < 4.78 is 5.46. The zero-order valence-corrected chi connectivity index (χ0v) is 11.3. The molecule has 17 heavy (non-hydrogen) atoms. The summed E-state index contributed by atoms with van der Waals surface area (Å²) in [5.41, 5.74) is 4.14. The highest BCUT2D eigenvalue weighted by molar-refractivity contribution is 5.52. The first kappa shape index (κ1) is 12.4. The summed E-state index contributed by atoms with van der Waals surface area (Å²) in [5, 5.41) is 10.3. The van der Waals surface area contributed by atoms with E-state index >= 15 is 0 Å². The molecule has 1 aromatic carbocycles. The Kier molecular flexibility index (Phi) is 3.17. The van der Waals surface area contributed by atoms with Crippen LogP contribution in [0.25, 0.3) is 0 Å². The molecule has 0 radical (unpaired) electrons. The van der Waals surface area contributed by atoms with Gasteiger partial charge in [-0.3, -0.25) is 0 Å². The number of fused-ring (bicyclic) bond motifs is 1. The van der Waals surface area contributed by atoms with Crippen LogP contribution in [-0.4, -0.2) is 12.2 Å². The van der Waals surface area contributed by atoms with Crippen molar-refractivity contribution in [2.24, 2.45) is 0 Å². The summed E-state index contributed by atoms with van der Waals surface area (Å²) >= 11 is 0. The summed E-state index contributed by atoms with van der Waals surface area (Å²) in [5.74, 6) is 0.829. The summed E-state index contributed by atoms with van der Waals surface area (Å²) in [6.07, 6.45) is 4.79. The lowest BCUT2D eigenvalue weighted by molar-refractivity contribution is 0.0748. The van der Waals surface area contributed by atoms with Gasteiger partial charge in [-0.15, -0.1) is 0 Å². The predicted molar refractivity (Wildman–Crippen MR) is 69.6 cm³/mol. The third-order valence-corrected chi connectivity index (χ3v) is 3.72. The van der Waals surface area contributed by atoms with Crippen LogP contribution in [0.5, 0.6) is 5.75 Å². The minimum atomic E-state index is -0.845. The Labute approximate surface area is 104 Å². The van der Waals surface area contributed by atoms with Gasteiger partial charge in [-0.2, -0.15) is 0 Å². The number of aliphatic hydroxyl groups is 1. The first-order valence-electron chi connectivity index (χ1n) is 6.37. The molecule has 0 saturated heterocycles. The van der Waals surface area contributed by atoms with Crippen molar-refractivity contribution >= 4 is 0 Å². The highest BCUT2D eigenvalue weighted by atomic mass is 16.5. The first-order valence-corrected chi connectivity index (χ1v) is 6.37. The predicted octanol–water partition coefficient (Wildman–Crippen LogP) is 3.11. The van der Waals surface area contributed by atoms with Gasteiger partial charge >= 0.3 is 0 Å². The first-order chi connectivity index (χ1) is 7.95. The second-order valence-electron chi connectivity index (χ2n) is 5.48. The SMILES string of the molecule is COc1cc2c(c(C)c1C(C)(C)O)CCCC2. The number of benzene rings is 1. The van der Waals surface area contributed by atoms with Crippen LogP contribution >= 0.6 is 0 Å². The van der Waals surface area contributed by atoms with Gasteiger partial charge in [0.2, 0.25) is 0 Å². The molecule has 0 bridgehead atoms. The Balaban J connectivity index is 2.65. The van der Waals surface area contributed by atoms with Crippen LogP contribution in [0, 0.1) is 6.92 Å². The van der Waals surface area contributed by atoms with Gasteiger partial charge in [-0.25, -0.2) is 0 Å². The van der Waals surface area contributed by atoms with Crippen molar-refractivity contribution in [1.82, 2.24) is 0 Å². The van der Waals surface area contributed by atoms with E-state index in [1.807, 2.05) is 13.8 Å². The molecule has 0 heterocycles. The zero-order valence-electron chi connectivity index (χ0n) is 11.3. The van der Waals surface area contributed by atoms with Crippen molar-refractivity contribution in [2.75, 3.05) is 7.11 Å². The minimum absolute atomic E-state index is 0.829. The van der Waals surface area contributed by atoms with Gasteiger partial charge in [0.1, 0.15) is 5.75 Å². The number of hydrogen-bond acceptors (Lipinski definition) is 2. The van der Waals surface area contributed by atoms with Crippen molar-refractivity contribution in [3.63, 3.8) is 0 Å². The molecule has 0 fully saturated rings. The van der Waals surface area contributed by atoms with Crippen molar-refractivity contribution in [1.29, 1.82) is 0 Å². The van der Waals surface area contributed by atoms with Gasteiger partial charge in [0.25, 0.3) is 0 Å². The van der Waals surface area contributed by atoms with Crippen LogP contribution in [-0.2, 0) is 18.4 Å². The second kappa shape index (κ2) is 4.34. The average molecular weight is 234 g/mol. The van der Waals surface area contributed by atoms with Crippen molar-refractivity contribution in [3.05, 3.63) is 28.3 Å². The van der Waals surface area contributed by atoms with Crippen molar-refractivity contribution in [2.45, 2.75) is 52.1 Å². The normalized spacial score (nSPS) is 15.6. The molecule has 2 rings (SSSR count). The van der Waals surface area contributed by atoms with Gasteiger partial charge in [-0.1, -0.05) is 0 Å². The molecule has 2 heteroatoms. The number of aryl methyl sites for hydroxylation is 1. The van der Waals surface area contributed by atoms with E-state index in [9.17, 15) is 5.11 Å². The van der Waals surface area contributed by atoms with E-state index in [4.69, 9.17) is 4.74 Å². The summed E-state index contributed by atoms with van der Waals surface area (Å²) in [6.45, 7) is 5.76. The highest BCUT2D eigenvalue weighted by Crippen LogP contribution is 2.38. The molecule has 0 aliphatic heterocycles. The van der Waals surface area contributed by atoms with Crippen LogP contribution in [0.4, 0.5) is 0 Å². The minimum Gasteiger partial charge on any atom is -0.496 e. The molecule has 0 saturated carbocycles. The fourth-order valence-corrected chi connectivity index (χ4v) is 3.00. The zero-order chi connectivity index (χ0) is 12.6. The molecule has 1 aliphatic carbocycles. The molecular formula is C15H22O2. The fourth-order valence-electron chi connectivity index (χ4n) is 3.00. The lowest BCUT2D eigenvalue weighted by atomic mass is 9.82. The van der Waals surface area contributed by atoms with Gasteiger partial charge < -0.3 is 9.84 Å². The van der Waals surface area contributed by atoms with Gasteiger partial charge in [-0.05, 0) is 69.2 Å². The monoisotopic (exact) mass is 234 g/mol. The fraction of sp³-hybridized carbons (Fsp3) is 0.600. The van der Waals surface area contributed by atoms with E-state index in [0.717, 1.165) is 24.2 Å². The van der Waals surface area contributed by atoms with E-state index in [0.29, 0.717) is 0 Å². The van der Waals surface area contributed by atoms with Gasteiger partial charge in [0.15, 0.2) is 0 Å². The Hall–Kier alpha value is -1.02. The summed E-state index contributed by atoms with van der Waals surface area (Å²) in [4.78, 5) is 0. The lowest BCUT2D eigenvalue weighted by Gasteiger charge is -2.28. The van der Waals surface area contributed by atoms with E-state index in [1.165, 1.54) is 29.5 Å². The van der Waals surface area contributed by atoms with Gasteiger partial charge in [0, 0.05) is 5.56 Å². The van der Waals surface area contributed by atoms with Crippen molar-refractivity contribution < 1.29 is 9.84 Å². The summed E-state index contributed by atoms with van der Waals surface area (Å²) in [6, 6.07) is 2.12. The van der Waals surface area contributed by atoms with E-state index in [-0.39, 0.29) is 0 Å². The molecule has 0 amide bonds.